The Labute approximate surface area is 187 Å². The Bertz CT molecular complexity index is 1160. The molecule has 0 bridgehead atoms. The Balaban J connectivity index is 1.66. The lowest BCUT2D eigenvalue weighted by molar-refractivity contribution is -0.148. The molecule has 2 fully saturated rings. The minimum absolute atomic E-state index is 0.108. The number of aromatic nitrogens is 2. The number of nitrogens with zero attached hydrogens (tertiary/aromatic N) is 2. The number of carboxylic acid groups (broad SMARTS) is 1. The van der Waals surface area contributed by atoms with Crippen LogP contribution in [0.3, 0.4) is 0 Å². The standard InChI is InChI=1S/C26H28N2O4/c1-15-3-4-21-22(11-15)25(32-20-13-19(14-20)26(29)30)28-24(17-6-9-31-10-7-17)23(21)18-5-8-27-16(2)12-18/h3-5,8,11-12,17,19-20H,6-7,9-10,13-14H2,1-2H3,(H,29,30). The first kappa shape index (κ1) is 20.9. The zero-order valence-corrected chi connectivity index (χ0v) is 18.5. The van der Waals surface area contributed by atoms with Crippen molar-refractivity contribution in [2.75, 3.05) is 13.2 Å². The molecule has 5 rings (SSSR count). The number of hydrogen-bond donors (Lipinski definition) is 1. The molecule has 3 aromatic rings. The quantitative estimate of drug-likeness (QED) is 0.608. The maximum absolute atomic E-state index is 11.2. The molecule has 0 spiro atoms. The van der Waals surface area contributed by atoms with Crippen LogP contribution in [0.5, 0.6) is 5.88 Å². The summed E-state index contributed by atoms with van der Waals surface area (Å²) >= 11 is 0. The number of fused-ring (bicyclic) bond motifs is 1. The third-order valence-corrected chi connectivity index (χ3v) is 6.67. The topological polar surface area (TPSA) is 81.5 Å². The second kappa shape index (κ2) is 8.51. The number of hydrogen-bond acceptors (Lipinski definition) is 5. The summed E-state index contributed by atoms with van der Waals surface area (Å²) in [4.78, 5) is 20.7. The normalized spacial score (nSPS) is 21.3. The Morgan fingerprint density at radius 2 is 1.88 bits per heavy atom. The van der Waals surface area contributed by atoms with Gasteiger partial charge in [0.05, 0.1) is 11.6 Å². The number of rotatable bonds is 5. The lowest BCUT2D eigenvalue weighted by atomic mass is 9.82. The summed E-state index contributed by atoms with van der Waals surface area (Å²) in [5, 5.41) is 11.3. The lowest BCUT2D eigenvalue weighted by Crippen LogP contribution is -2.38. The van der Waals surface area contributed by atoms with Crippen molar-refractivity contribution >= 4 is 16.7 Å². The van der Waals surface area contributed by atoms with Crippen LogP contribution in [0, 0.1) is 19.8 Å². The first-order valence-electron chi connectivity index (χ1n) is 11.3. The monoisotopic (exact) mass is 432 g/mol. The molecule has 2 aliphatic rings. The third kappa shape index (κ3) is 3.95. The van der Waals surface area contributed by atoms with E-state index in [9.17, 15) is 9.90 Å². The molecule has 1 aromatic carbocycles. The zero-order chi connectivity index (χ0) is 22.2. The predicted octanol–water partition coefficient (Wildman–Crippen LogP) is 5.05. The number of carboxylic acids is 1. The van der Waals surface area contributed by atoms with Gasteiger partial charge in [0.2, 0.25) is 5.88 Å². The fraction of sp³-hybridized carbons (Fsp3) is 0.423. The van der Waals surface area contributed by atoms with Gasteiger partial charge in [-0.05, 0) is 68.7 Å². The Hall–Kier alpha value is -2.99. The summed E-state index contributed by atoms with van der Waals surface area (Å²) in [6.45, 7) is 5.53. The smallest absolute Gasteiger partial charge is 0.306 e. The van der Waals surface area contributed by atoms with Crippen LogP contribution in [0.1, 0.15) is 48.6 Å². The van der Waals surface area contributed by atoms with Crippen LogP contribution in [0.2, 0.25) is 0 Å². The van der Waals surface area contributed by atoms with E-state index in [1.165, 1.54) is 0 Å². The molecule has 1 saturated carbocycles. The van der Waals surface area contributed by atoms with Crippen LogP contribution in [-0.2, 0) is 9.53 Å². The third-order valence-electron chi connectivity index (χ3n) is 6.67. The maximum atomic E-state index is 11.2. The highest BCUT2D eigenvalue weighted by atomic mass is 16.5. The predicted molar refractivity (Wildman–Crippen MR) is 122 cm³/mol. The van der Waals surface area contributed by atoms with Gasteiger partial charge in [0, 0.05) is 42.0 Å². The fourth-order valence-electron chi connectivity index (χ4n) is 4.80. The summed E-state index contributed by atoms with van der Waals surface area (Å²) in [5.74, 6) is -0.158. The van der Waals surface area contributed by atoms with Gasteiger partial charge in [0.1, 0.15) is 6.10 Å². The van der Waals surface area contributed by atoms with E-state index in [1.54, 1.807) is 0 Å². The molecule has 0 unspecified atom stereocenters. The number of aliphatic carboxylic acids is 1. The molecular weight excluding hydrogens is 404 g/mol. The average Bonchev–Trinajstić information content (AvgIpc) is 2.75. The van der Waals surface area contributed by atoms with E-state index in [2.05, 4.69) is 42.2 Å². The molecule has 1 N–H and O–H groups in total. The van der Waals surface area contributed by atoms with Gasteiger partial charge in [-0.15, -0.1) is 0 Å². The lowest BCUT2D eigenvalue weighted by Gasteiger charge is -2.33. The summed E-state index contributed by atoms with van der Waals surface area (Å²) < 4.78 is 11.9. The van der Waals surface area contributed by atoms with Gasteiger partial charge in [-0.25, -0.2) is 4.98 Å². The van der Waals surface area contributed by atoms with E-state index in [1.807, 2.05) is 13.1 Å². The number of pyridine rings is 2. The minimum Gasteiger partial charge on any atom is -0.481 e. The van der Waals surface area contributed by atoms with Crippen LogP contribution in [0.25, 0.3) is 21.9 Å². The van der Waals surface area contributed by atoms with Gasteiger partial charge in [0.15, 0.2) is 0 Å². The zero-order valence-electron chi connectivity index (χ0n) is 18.5. The molecule has 3 heterocycles. The number of benzene rings is 1. The van der Waals surface area contributed by atoms with Crippen molar-refractivity contribution in [1.82, 2.24) is 9.97 Å². The maximum Gasteiger partial charge on any atom is 0.306 e. The highest BCUT2D eigenvalue weighted by Gasteiger charge is 2.37. The molecule has 6 heteroatoms. The van der Waals surface area contributed by atoms with E-state index in [0.717, 1.165) is 64.9 Å². The van der Waals surface area contributed by atoms with E-state index < -0.39 is 5.97 Å². The summed E-state index contributed by atoms with van der Waals surface area (Å²) in [5.41, 5.74) is 5.40. The van der Waals surface area contributed by atoms with Crippen molar-refractivity contribution in [3.05, 3.63) is 53.5 Å². The van der Waals surface area contributed by atoms with Crippen LogP contribution < -0.4 is 4.74 Å². The van der Waals surface area contributed by atoms with E-state index in [4.69, 9.17) is 14.5 Å². The van der Waals surface area contributed by atoms with Gasteiger partial charge in [-0.1, -0.05) is 17.7 Å². The minimum atomic E-state index is -0.746. The van der Waals surface area contributed by atoms with Gasteiger partial charge in [-0.3, -0.25) is 9.78 Å². The van der Waals surface area contributed by atoms with Gasteiger partial charge in [0.25, 0.3) is 0 Å². The summed E-state index contributed by atoms with van der Waals surface area (Å²) in [6, 6.07) is 10.6. The first-order chi connectivity index (χ1) is 15.5. The average molecular weight is 433 g/mol. The first-order valence-corrected chi connectivity index (χ1v) is 11.3. The van der Waals surface area contributed by atoms with Gasteiger partial charge < -0.3 is 14.6 Å². The molecule has 2 aromatic heterocycles. The molecule has 1 aliphatic heterocycles. The Kier molecular flexibility index (Phi) is 5.55. The molecule has 1 saturated heterocycles. The van der Waals surface area contributed by atoms with E-state index >= 15 is 0 Å². The van der Waals surface area contributed by atoms with Crippen LogP contribution >= 0.6 is 0 Å². The van der Waals surface area contributed by atoms with E-state index in [-0.39, 0.29) is 17.9 Å². The van der Waals surface area contributed by atoms with Crippen molar-refractivity contribution in [2.45, 2.75) is 51.6 Å². The molecule has 6 nitrogen and oxygen atoms in total. The van der Waals surface area contributed by atoms with Crippen molar-refractivity contribution < 1.29 is 19.4 Å². The van der Waals surface area contributed by atoms with Crippen LogP contribution in [-0.4, -0.2) is 40.4 Å². The molecule has 0 radical (unpaired) electrons. The van der Waals surface area contributed by atoms with Crippen molar-refractivity contribution in [1.29, 1.82) is 0 Å². The SMILES string of the molecule is Cc1ccc2c(-c3ccnc(C)c3)c(C3CCOCC3)nc(OC3CC(C(=O)O)C3)c2c1. The molecule has 32 heavy (non-hydrogen) atoms. The number of carbonyl (C=O) groups is 1. The summed E-state index contributed by atoms with van der Waals surface area (Å²) in [6.07, 6.45) is 4.65. The highest BCUT2D eigenvalue weighted by Crippen LogP contribution is 2.43. The molecule has 0 amide bonds. The van der Waals surface area contributed by atoms with Crippen molar-refractivity contribution in [3.63, 3.8) is 0 Å². The molecule has 0 atom stereocenters. The second-order valence-electron chi connectivity index (χ2n) is 9.05. The van der Waals surface area contributed by atoms with Crippen LogP contribution in [0.15, 0.2) is 36.5 Å². The largest absolute Gasteiger partial charge is 0.481 e. The number of ether oxygens (including phenoxy) is 2. The fourth-order valence-corrected chi connectivity index (χ4v) is 4.80. The highest BCUT2D eigenvalue weighted by molar-refractivity contribution is 6.00. The number of aryl methyl sites for hydroxylation is 2. The van der Waals surface area contributed by atoms with Gasteiger partial charge in [-0.2, -0.15) is 0 Å². The molecule has 1 aliphatic carbocycles. The van der Waals surface area contributed by atoms with Crippen molar-refractivity contribution in [3.8, 4) is 17.0 Å². The molecular formula is C26H28N2O4. The van der Waals surface area contributed by atoms with Gasteiger partial charge >= 0.3 is 5.97 Å². The van der Waals surface area contributed by atoms with E-state index in [0.29, 0.717) is 18.7 Å². The Morgan fingerprint density at radius 3 is 2.59 bits per heavy atom. The van der Waals surface area contributed by atoms with Crippen LogP contribution in [0.4, 0.5) is 0 Å². The Morgan fingerprint density at radius 1 is 1.09 bits per heavy atom. The summed E-state index contributed by atoms with van der Waals surface area (Å²) in [7, 11) is 0. The molecule has 166 valence electrons. The second-order valence-corrected chi connectivity index (χ2v) is 9.05. The van der Waals surface area contributed by atoms with Crippen molar-refractivity contribution in [2.24, 2.45) is 5.92 Å².